The molecule has 0 spiro atoms. The van der Waals surface area contributed by atoms with Crippen LogP contribution in [0.3, 0.4) is 0 Å². The van der Waals surface area contributed by atoms with Gasteiger partial charge in [-0.3, -0.25) is 9.59 Å². The highest BCUT2D eigenvalue weighted by molar-refractivity contribution is 5.94. The van der Waals surface area contributed by atoms with Gasteiger partial charge in [0, 0.05) is 28.9 Å². The first-order valence-electron chi connectivity index (χ1n) is 12.7. The molecule has 0 saturated carbocycles. The molecule has 0 bridgehead atoms. The van der Waals surface area contributed by atoms with Crippen LogP contribution < -0.4 is 10.6 Å². The van der Waals surface area contributed by atoms with Gasteiger partial charge in [0.2, 0.25) is 11.8 Å². The minimum atomic E-state index is -0.325. The monoisotopic (exact) mass is 512 g/mol. The van der Waals surface area contributed by atoms with E-state index in [0.29, 0.717) is 29.9 Å². The topological polar surface area (TPSA) is 106 Å². The fraction of sp³-hybridized carbons (Fsp3) is 0.267. The van der Waals surface area contributed by atoms with Gasteiger partial charge in [-0.1, -0.05) is 44.2 Å². The van der Waals surface area contributed by atoms with Gasteiger partial charge in [-0.2, -0.15) is 0 Å². The molecule has 1 aromatic heterocycles. The molecule has 1 atom stereocenters. The number of nitrogens with one attached hydrogen (secondary N) is 2. The van der Waals surface area contributed by atoms with Crippen LogP contribution in [0.5, 0.6) is 0 Å². The second kappa shape index (κ2) is 12.7. The van der Waals surface area contributed by atoms with E-state index < -0.39 is 0 Å². The first-order valence-corrected chi connectivity index (χ1v) is 12.7. The van der Waals surface area contributed by atoms with Crippen LogP contribution in [0.15, 0.2) is 83.3 Å². The molecule has 8 heteroatoms. The number of esters is 1. The number of benzene rings is 3. The molecule has 0 radical (unpaired) electrons. The summed E-state index contributed by atoms with van der Waals surface area (Å²) in [7, 11) is 0. The zero-order chi connectivity index (χ0) is 26.9. The molecule has 8 nitrogen and oxygen atoms in total. The van der Waals surface area contributed by atoms with Gasteiger partial charge in [-0.05, 0) is 66.9 Å². The molecule has 196 valence electrons. The highest BCUT2D eigenvalue weighted by atomic mass is 16.5. The predicted molar refractivity (Wildman–Crippen MR) is 146 cm³/mol. The maximum absolute atomic E-state index is 12.4. The summed E-state index contributed by atoms with van der Waals surface area (Å²) in [5, 5.41) is 14.7. The zero-order valence-electron chi connectivity index (χ0n) is 21.8. The zero-order valence-corrected chi connectivity index (χ0v) is 21.8. The smallest absolute Gasteiger partial charge is 0.307 e. The predicted octanol–water partition coefficient (Wildman–Crippen LogP) is 5.90. The van der Waals surface area contributed by atoms with E-state index in [1.54, 1.807) is 19.1 Å². The number of anilines is 1. The largest absolute Gasteiger partial charge is 0.466 e. The Balaban J connectivity index is 1.38. The summed E-state index contributed by atoms with van der Waals surface area (Å²) in [5.41, 5.74) is 4.28. The Morgan fingerprint density at radius 1 is 0.868 bits per heavy atom. The molecule has 1 heterocycles. The lowest BCUT2D eigenvalue weighted by atomic mass is 9.94. The van der Waals surface area contributed by atoms with E-state index in [1.165, 1.54) is 0 Å². The SMILES string of the molecule is CCOC(=O)CCNC(=O)c1ccc(N[C@H](c2ccc(-c3nnc(-c4ccccc4)o3)cc2)C(C)C)cc1. The average molecular weight is 513 g/mol. The van der Waals surface area contributed by atoms with Gasteiger partial charge in [-0.25, -0.2) is 0 Å². The van der Waals surface area contributed by atoms with Crippen LogP contribution >= 0.6 is 0 Å². The van der Waals surface area contributed by atoms with Crippen molar-refractivity contribution < 1.29 is 18.7 Å². The van der Waals surface area contributed by atoms with E-state index in [1.807, 2.05) is 54.6 Å². The van der Waals surface area contributed by atoms with Crippen molar-refractivity contribution >= 4 is 17.6 Å². The third-order valence-electron chi connectivity index (χ3n) is 6.02. The Morgan fingerprint density at radius 3 is 2.11 bits per heavy atom. The summed E-state index contributed by atoms with van der Waals surface area (Å²) in [6, 6.07) is 25.1. The summed E-state index contributed by atoms with van der Waals surface area (Å²) in [5.74, 6) is 0.713. The first-order chi connectivity index (χ1) is 18.4. The van der Waals surface area contributed by atoms with Crippen molar-refractivity contribution in [3.05, 3.63) is 90.0 Å². The number of amides is 1. The molecular weight excluding hydrogens is 480 g/mol. The van der Waals surface area contributed by atoms with Gasteiger partial charge in [0.05, 0.1) is 19.1 Å². The van der Waals surface area contributed by atoms with Crippen LogP contribution in [-0.4, -0.2) is 35.2 Å². The Morgan fingerprint density at radius 2 is 1.50 bits per heavy atom. The molecule has 4 rings (SSSR count). The van der Waals surface area contributed by atoms with Crippen molar-refractivity contribution in [2.24, 2.45) is 5.92 Å². The molecular formula is C30H32N4O4. The summed E-state index contributed by atoms with van der Waals surface area (Å²) < 4.78 is 10.8. The third kappa shape index (κ3) is 6.85. The number of ether oxygens (including phenoxy) is 1. The molecule has 0 saturated heterocycles. The fourth-order valence-electron chi connectivity index (χ4n) is 4.02. The van der Waals surface area contributed by atoms with Gasteiger partial charge < -0.3 is 19.8 Å². The Kier molecular flexibility index (Phi) is 8.87. The van der Waals surface area contributed by atoms with Gasteiger partial charge >= 0.3 is 5.97 Å². The van der Waals surface area contributed by atoms with Crippen molar-refractivity contribution in [1.82, 2.24) is 15.5 Å². The lowest BCUT2D eigenvalue weighted by molar-refractivity contribution is -0.142. The normalized spacial score (nSPS) is 11.7. The second-order valence-corrected chi connectivity index (χ2v) is 9.15. The maximum Gasteiger partial charge on any atom is 0.307 e. The van der Waals surface area contributed by atoms with Gasteiger partial charge in [0.1, 0.15) is 0 Å². The van der Waals surface area contributed by atoms with E-state index in [9.17, 15) is 9.59 Å². The van der Waals surface area contributed by atoms with E-state index in [-0.39, 0.29) is 30.9 Å². The van der Waals surface area contributed by atoms with E-state index in [0.717, 1.165) is 22.4 Å². The Bertz CT molecular complexity index is 1330. The van der Waals surface area contributed by atoms with Crippen molar-refractivity contribution in [2.75, 3.05) is 18.5 Å². The Labute approximate surface area is 222 Å². The molecule has 0 fully saturated rings. The minimum absolute atomic E-state index is 0.0517. The fourth-order valence-corrected chi connectivity index (χ4v) is 4.02. The number of rotatable bonds is 11. The number of hydrogen-bond donors (Lipinski definition) is 2. The van der Waals surface area contributed by atoms with Crippen LogP contribution in [-0.2, 0) is 9.53 Å². The van der Waals surface area contributed by atoms with Crippen molar-refractivity contribution in [3.8, 4) is 22.9 Å². The van der Waals surface area contributed by atoms with Gasteiger partial charge in [0.25, 0.3) is 5.91 Å². The summed E-state index contributed by atoms with van der Waals surface area (Å²) in [4.78, 5) is 23.8. The summed E-state index contributed by atoms with van der Waals surface area (Å²) in [6.45, 7) is 6.63. The average Bonchev–Trinajstić information content (AvgIpc) is 3.43. The second-order valence-electron chi connectivity index (χ2n) is 9.15. The molecule has 0 unspecified atom stereocenters. The van der Waals surface area contributed by atoms with Crippen LogP contribution in [0.2, 0.25) is 0 Å². The highest BCUT2D eigenvalue weighted by Gasteiger charge is 2.17. The van der Waals surface area contributed by atoms with Crippen LogP contribution in [0.1, 0.15) is 49.2 Å². The highest BCUT2D eigenvalue weighted by Crippen LogP contribution is 2.29. The molecule has 3 aromatic carbocycles. The lowest BCUT2D eigenvalue weighted by Crippen LogP contribution is -2.26. The standard InChI is InChI=1S/C30H32N4O4/c1-4-37-26(35)18-19-31-28(36)22-14-16-25(17-15-22)32-27(20(2)3)21-10-12-24(13-11-21)30-34-33-29(38-30)23-8-6-5-7-9-23/h5-17,20,27,32H,4,18-19H2,1-3H3,(H,31,36)/t27-/m0/s1. The lowest BCUT2D eigenvalue weighted by Gasteiger charge is -2.24. The number of nitrogens with zero attached hydrogens (tertiary/aromatic N) is 2. The molecule has 1 amide bonds. The number of carbonyl (C=O) groups is 2. The summed E-state index contributed by atoms with van der Waals surface area (Å²) >= 11 is 0. The van der Waals surface area contributed by atoms with Crippen molar-refractivity contribution in [1.29, 1.82) is 0 Å². The molecule has 0 aliphatic rings. The first kappa shape index (κ1) is 26.6. The van der Waals surface area contributed by atoms with E-state index in [2.05, 4.69) is 46.8 Å². The van der Waals surface area contributed by atoms with Gasteiger partial charge in [-0.15, -0.1) is 10.2 Å². The number of carbonyl (C=O) groups excluding carboxylic acids is 2. The number of aromatic nitrogens is 2. The van der Waals surface area contributed by atoms with E-state index in [4.69, 9.17) is 9.15 Å². The molecule has 4 aromatic rings. The van der Waals surface area contributed by atoms with Gasteiger partial charge in [0.15, 0.2) is 0 Å². The Hall–Kier alpha value is -4.46. The molecule has 0 aliphatic carbocycles. The maximum atomic E-state index is 12.4. The van der Waals surface area contributed by atoms with E-state index >= 15 is 0 Å². The van der Waals surface area contributed by atoms with Crippen molar-refractivity contribution in [2.45, 2.75) is 33.2 Å². The van der Waals surface area contributed by atoms with Crippen LogP contribution in [0.4, 0.5) is 5.69 Å². The molecule has 38 heavy (non-hydrogen) atoms. The number of hydrogen-bond acceptors (Lipinski definition) is 7. The molecule has 2 N–H and O–H groups in total. The van der Waals surface area contributed by atoms with Crippen LogP contribution in [0.25, 0.3) is 22.9 Å². The van der Waals surface area contributed by atoms with Crippen LogP contribution in [0, 0.1) is 5.92 Å². The quantitative estimate of drug-likeness (QED) is 0.241. The minimum Gasteiger partial charge on any atom is -0.466 e. The third-order valence-corrected chi connectivity index (χ3v) is 6.02. The summed E-state index contributed by atoms with van der Waals surface area (Å²) in [6.07, 6.45) is 0.148. The van der Waals surface area contributed by atoms with Crippen molar-refractivity contribution in [3.63, 3.8) is 0 Å². The molecule has 0 aliphatic heterocycles.